The highest BCUT2D eigenvalue weighted by atomic mass is 16.5. The van der Waals surface area contributed by atoms with Crippen LogP contribution in [0.2, 0.25) is 0 Å². The highest BCUT2D eigenvalue weighted by Gasteiger charge is 2.25. The molecule has 112 valence electrons. The fourth-order valence-corrected chi connectivity index (χ4v) is 2.52. The van der Waals surface area contributed by atoms with Crippen LogP contribution in [-0.4, -0.2) is 27.7 Å². The lowest BCUT2D eigenvalue weighted by atomic mass is 9.99. The van der Waals surface area contributed by atoms with Crippen LogP contribution in [0.3, 0.4) is 0 Å². The summed E-state index contributed by atoms with van der Waals surface area (Å²) in [6.07, 6.45) is 2.27. The number of H-pyrrole nitrogens is 1. The van der Waals surface area contributed by atoms with E-state index in [-0.39, 0.29) is 12.3 Å². The van der Waals surface area contributed by atoms with Crippen molar-refractivity contribution in [2.45, 2.75) is 13.0 Å². The Kier molecular flexibility index (Phi) is 3.89. The third kappa shape index (κ3) is 2.46. The molecule has 5 heteroatoms. The van der Waals surface area contributed by atoms with Crippen molar-refractivity contribution < 1.29 is 14.6 Å². The van der Waals surface area contributed by atoms with Crippen LogP contribution >= 0.6 is 0 Å². The number of nitrogens with one attached hydrogen (secondary N) is 1. The van der Waals surface area contributed by atoms with Crippen molar-refractivity contribution in [2.75, 3.05) is 6.61 Å². The van der Waals surface area contributed by atoms with E-state index in [1.807, 2.05) is 24.3 Å². The van der Waals surface area contributed by atoms with E-state index in [0.29, 0.717) is 11.1 Å². The molecule has 0 fully saturated rings. The molecule has 2 aromatic heterocycles. The molecule has 0 radical (unpaired) electrons. The molecule has 0 bridgehead atoms. The van der Waals surface area contributed by atoms with Gasteiger partial charge in [0, 0.05) is 34.4 Å². The number of esters is 1. The van der Waals surface area contributed by atoms with Gasteiger partial charge in [-0.15, -0.1) is 0 Å². The Balaban J connectivity index is 2.17. The first kappa shape index (κ1) is 14.3. The van der Waals surface area contributed by atoms with Crippen LogP contribution in [0, 0.1) is 0 Å². The van der Waals surface area contributed by atoms with Crippen LogP contribution in [0.25, 0.3) is 10.9 Å². The number of fused-ring (bicyclic) bond motifs is 1. The van der Waals surface area contributed by atoms with Gasteiger partial charge in [-0.05, 0) is 19.1 Å². The van der Waals surface area contributed by atoms with Crippen molar-refractivity contribution in [3.8, 4) is 0 Å². The summed E-state index contributed by atoms with van der Waals surface area (Å²) in [6, 6.07) is 11.0. The largest absolute Gasteiger partial charge is 0.461 e. The highest BCUT2D eigenvalue weighted by Crippen LogP contribution is 2.32. The topological polar surface area (TPSA) is 75.2 Å². The molecule has 1 aromatic carbocycles. The quantitative estimate of drug-likeness (QED) is 0.726. The number of aliphatic hydroxyl groups is 1. The lowest BCUT2D eigenvalue weighted by Crippen LogP contribution is -2.11. The first-order valence-corrected chi connectivity index (χ1v) is 7.08. The number of pyridine rings is 1. The van der Waals surface area contributed by atoms with Crippen LogP contribution in [-0.2, 0) is 4.74 Å². The number of rotatable bonds is 4. The van der Waals surface area contributed by atoms with Crippen LogP contribution in [0.5, 0.6) is 0 Å². The molecule has 3 rings (SSSR count). The molecular weight excluding hydrogens is 280 g/mol. The summed E-state index contributed by atoms with van der Waals surface area (Å²) >= 11 is 0. The molecule has 0 amide bonds. The van der Waals surface area contributed by atoms with E-state index >= 15 is 0 Å². The maximum Gasteiger partial charge on any atom is 0.355 e. The molecule has 0 spiro atoms. The Labute approximate surface area is 127 Å². The summed E-state index contributed by atoms with van der Waals surface area (Å²) in [5, 5.41) is 11.5. The monoisotopic (exact) mass is 296 g/mol. The zero-order valence-electron chi connectivity index (χ0n) is 12.1. The fourth-order valence-electron chi connectivity index (χ4n) is 2.52. The van der Waals surface area contributed by atoms with E-state index in [4.69, 9.17) is 4.74 Å². The number of carbonyl (C=O) groups is 1. The minimum Gasteiger partial charge on any atom is -0.461 e. The fraction of sp³-hybridized carbons (Fsp3) is 0.176. The maximum atomic E-state index is 12.2. The van der Waals surface area contributed by atoms with Crippen molar-refractivity contribution in [3.05, 3.63) is 65.6 Å². The van der Waals surface area contributed by atoms with Gasteiger partial charge in [-0.25, -0.2) is 4.79 Å². The second-order valence-electron chi connectivity index (χ2n) is 4.87. The molecule has 0 saturated heterocycles. The van der Waals surface area contributed by atoms with Gasteiger partial charge in [0.15, 0.2) is 0 Å². The van der Waals surface area contributed by atoms with Gasteiger partial charge < -0.3 is 14.8 Å². The summed E-state index contributed by atoms with van der Waals surface area (Å²) in [7, 11) is 0. The van der Waals surface area contributed by atoms with Crippen LogP contribution in [0.15, 0.2) is 48.8 Å². The molecule has 0 aliphatic heterocycles. The van der Waals surface area contributed by atoms with Gasteiger partial charge >= 0.3 is 5.97 Å². The Bertz CT molecular complexity index is 796. The van der Waals surface area contributed by atoms with Gasteiger partial charge in [0.1, 0.15) is 11.8 Å². The predicted octanol–water partition coefficient (Wildman–Crippen LogP) is 2.82. The summed E-state index contributed by atoms with van der Waals surface area (Å²) in [4.78, 5) is 19.3. The van der Waals surface area contributed by atoms with Crippen molar-refractivity contribution in [1.29, 1.82) is 0 Å². The summed E-state index contributed by atoms with van der Waals surface area (Å²) < 4.78 is 5.09. The molecule has 0 unspecified atom stereocenters. The smallest absolute Gasteiger partial charge is 0.355 e. The van der Waals surface area contributed by atoms with Gasteiger partial charge in [-0.1, -0.05) is 24.3 Å². The minimum absolute atomic E-state index is 0.274. The summed E-state index contributed by atoms with van der Waals surface area (Å²) in [6.45, 7) is 2.02. The third-order valence-corrected chi connectivity index (χ3v) is 3.50. The Morgan fingerprint density at radius 3 is 2.86 bits per heavy atom. The third-order valence-electron chi connectivity index (χ3n) is 3.50. The number of para-hydroxylation sites is 1. The van der Waals surface area contributed by atoms with E-state index in [1.165, 1.54) is 0 Å². The van der Waals surface area contributed by atoms with E-state index in [1.54, 1.807) is 31.5 Å². The van der Waals surface area contributed by atoms with E-state index in [9.17, 15) is 9.90 Å². The lowest BCUT2D eigenvalue weighted by molar-refractivity contribution is 0.0515. The molecule has 0 aliphatic carbocycles. The molecule has 2 heterocycles. The second-order valence-corrected chi connectivity index (χ2v) is 4.87. The van der Waals surface area contributed by atoms with E-state index < -0.39 is 12.1 Å². The number of hydrogen-bond acceptors (Lipinski definition) is 4. The first-order valence-electron chi connectivity index (χ1n) is 7.08. The van der Waals surface area contributed by atoms with Gasteiger partial charge in [-0.2, -0.15) is 0 Å². The molecule has 2 N–H and O–H groups in total. The zero-order chi connectivity index (χ0) is 15.5. The number of carbonyl (C=O) groups excluding carboxylic acids is 1. The number of benzene rings is 1. The van der Waals surface area contributed by atoms with Crippen molar-refractivity contribution in [3.63, 3.8) is 0 Å². The Morgan fingerprint density at radius 1 is 1.32 bits per heavy atom. The van der Waals surface area contributed by atoms with Gasteiger partial charge in [-0.3, -0.25) is 4.98 Å². The molecule has 22 heavy (non-hydrogen) atoms. The molecule has 0 aliphatic rings. The molecular formula is C17H16N2O3. The number of nitrogens with zero attached hydrogens (tertiary/aromatic N) is 1. The van der Waals surface area contributed by atoms with Crippen molar-refractivity contribution in [2.24, 2.45) is 0 Å². The number of aromatic nitrogens is 2. The average molecular weight is 296 g/mol. The minimum atomic E-state index is -0.954. The van der Waals surface area contributed by atoms with Gasteiger partial charge in [0.05, 0.1) is 6.61 Å². The second kappa shape index (κ2) is 5.99. The summed E-state index contributed by atoms with van der Waals surface area (Å²) in [5.74, 6) is -0.475. The van der Waals surface area contributed by atoms with Crippen LogP contribution in [0.1, 0.15) is 34.6 Å². The number of aromatic amines is 1. The normalized spacial score (nSPS) is 12.3. The first-order chi connectivity index (χ1) is 10.7. The van der Waals surface area contributed by atoms with Crippen LogP contribution in [0.4, 0.5) is 0 Å². The predicted molar refractivity (Wildman–Crippen MR) is 82.6 cm³/mol. The maximum absolute atomic E-state index is 12.2. The van der Waals surface area contributed by atoms with Crippen molar-refractivity contribution in [1.82, 2.24) is 9.97 Å². The Hall–Kier alpha value is -2.66. The average Bonchev–Trinajstić information content (AvgIpc) is 2.95. The summed E-state index contributed by atoms with van der Waals surface area (Å²) in [5.41, 5.74) is 2.20. The Morgan fingerprint density at radius 2 is 2.14 bits per heavy atom. The lowest BCUT2D eigenvalue weighted by Gasteiger charge is -2.12. The van der Waals surface area contributed by atoms with E-state index in [0.717, 1.165) is 10.9 Å². The number of ether oxygens (including phenoxy) is 1. The highest BCUT2D eigenvalue weighted by molar-refractivity contribution is 5.98. The SMILES string of the molecule is CCOC(=O)c1[nH]c2ccccc2c1[C@@H](O)c1cccnc1. The molecule has 3 aromatic rings. The van der Waals surface area contributed by atoms with Crippen molar-refractivity contribution >= 4 is 16.9 Å². The molecule has 1 atom stereocenters. The standard InChI is InChI=1S/C17H16N2O3/c1-2-22-17(21)15-14(12-7-3-4-8-13(12)19-15)16(20)11-6-5-9-18-10-11/h3-10,16,19-20H,2H2,1H3/t16-/m0/s1. The zero-order valence-corrected chi connectivity index (χ0v) is 12.1. The molecule has 5 nitrogen and oxygen atoms in total. The van der Waals surface area contributed by atoms with Gasteiger partial charge in [0.2, 0.25) is 0 Å². The van der Waals surface area contributed by atoms with E-state index in [2.05, 4.69) is 9.97 Å². The van der Waals surface area contributed by atoms with Crippen LogP contribution < -0.4 is 0 Å². The number of aliphatic hydroxyl groups excluding tert-OH is 1. The van der Waals surface area contributed by atoms with Gasteiger partial charge in [0.25, 0.3) is 0 Å². The number of hydrogen-bond donors (Lipinski definition) is 2. The molecule has 0 saturated carbocycles.